The van der Waals surface area contributed by atoms with Crippen LogP contribution in [0.15, 0.2) is 53.9 Å². The molecular weight excluding hydrogens is 328 g/mol. The van der Waals surface area contributed by atoms with Crippen LogP contribution in [0.5, 0.6) is 0 Å². The number of amides is 1. The van der Waals surface area contributed by atoms with Crippen molar-refractivity contribution in [3.8, 4) is 0 Å². The second-order valence-corrected chi connectivity index (χ2v) is 7.14. The maximum absolute atomic E-state index is 12.8. The van der Waals surface area contributed by atoms with E-state index in [-0.39, 0.29) is 5.91 Å². The first-order valence-corrected chi connectivity index (χ1v) is 8.81. The van der Waals surface area contributed by atoms with Gasteiger partial charge >= 0.3 is 0 Å². The van der Waals surface area contributed by atoms with E-state index in [9.17, 15) is 4.79 Å². The van der Waals surface area contributed by atoms with Gasteiger partial charge in [0.15, 0.2) is 0 Å². The quantitative estimate of drug-likeness (QED) is 0.783. The Bertz CT molecular complexity index is 670. The number of likely N-dealkylation sites (N-methyl/N-ethyl adjacent to an activating group) is 1. The third-order valence-electron chi connectivity index (χ3n) is 3.68. The van der Waals surface area contributed by atoms with Crippen molar-refractivity contribution in [2.24, 2.45) is 0 Å². The van der Waals surface area contributed by atoms with Crippen LogP contribution in [-0.4, -0.2) is 45.9 Å². The predicted molar refractivity (Wildman–Crippen MR) is 96.8 cm³/mol. The molecule has 0 aromatic heterocycles. The van der Waals surface area contributed by atoms with E-state index in [0.29, 0.717) is 35.3 Å². The Labute approximate surface area is 145 Å². The molecule has 3 rings (SSSR count). The smallest absolute Gasteiger partial charge is 0.262 e. The van der Waals surface area contributed by atoms with Crippen molar-refractivity contribution in [1.29, 1.82) is 0 Å². The highest BCUT2D eigenvalue weighted by molar-refractivity contribution is 8.23. The number of thioether (sulfide) groups is 1. The van der Waals surface area contributed by atoms with Gasteiger partial charge in [0.1, 0.15) is 16.7 Å². The molecule has 2 aliphatic rings. The molecule has 0 radical (unpaired) electrons. The van der Waals surface area contributed by atoms with E-state index in [4.69, 9.17) is 17.0 Å². The Morgan fingerprint density at radius 3 is 2.83 bits per heavy atom. The molecule has 6 heteroatoms. The average Bonchev–Trinajstić information content (AvgIpc) is 2.99. The summed E-state index contributed by atoms with van der Waals surface area (Å²) in [6, 6.07) is 9.95. The van der Waals surface area contributed by atoms with Crippen molar-refractivity contribution in [2.45, 2.75) is 6.61 Å². The van der Waals surface area contributed by atoms with Crippen LogP contribution in [0.1, 0.15) is 5.56 Å². The summed E-state index contributed by atoms with van der Waals surface area (Å²) in [4.78, 5) is 16.4. The van der Waals surface area contributed by atoms with Gasteiger partial charge in [-0.05, 0) is 11.6 Å². The topological polar surface area (TPSA) is 32.8 Å². The minimum atomic E-state index is -0.0626. The fraction of sp³-hybridized carbons (Fsp3) is 0.294. The van der Waals surface area contributed by atoms with Crippen molar-refractivity contribution in [2.75, 3.05) is 25.9 Å². The number of benzene rings is 1. The summed E-state index contributed by atoms with van der Waals surface area (Å²) in [7, 11) is 1.96. The summed E-state index contributed by atoms with van der Waals surface area (Å²) in [6.07, 6.45) is 3.71. The van der Waals surface area contributed by atoms with E-state index in [1.54, 1.807) is 16.7 Å². The van der Waals surface area contributed by atoms with Crippen molar-refractivity contribution < 1.29 is 9.53 Å². The van der Waals surface area contributed by atoms with Crippen LogP contribution in [0.2, 0.25) is 0 Å². The molecule has 120 valence electrons. The van der Waals surface area contributed by atoms with Crippen LogP contribution in [0.3, 0.4) is 0 Å². The second-order valence-electron chi connectivity index (χ2n) is 5.41. The van der Waals surface area contributed by atoms with Gasteiger partial charge in [-0.1, -0.05) is 54.3 Å². The number of nitrogens with zero attached hydrogens (tertiary/aromatic N) is 2. The Morgan fingerprint density at radius 2 is 2.13 bits per heavy atom. The van der Waals surface area contributed by atoms with Gasteiger partial charge in [-0.25, -0.2) is 0 Å². The Kier molecular flexibility index (Phi) is 5.03. The molecular formula is C17H18N2O2S2. The zero-order valence-corrected chi connectivity index (χ0v) is 14.5. The Hall–Kier alpha value is -1.79. The van der Waals surface area contributed by atoms with E-state index in [1.165, 1.54) is 0 Å². The first kappa shape index (κ1) is 16.1. The molecule has 1 fully saturated rings. The van der Waals surface area contributed by atoms with E-state index in [0.717, 1.165) is 11.3 Å². The lowest BCUT2D eigenvalue weighted by atomic mass is 10.1. The lowest BCUT2D eigenvalue weighted by Crippen LogP contribution is -2.34. The molecule has 2 aliphatic heterocycles. The summed E-state index contributed by atoms with van der Waals surface area (Å²) in [5.41, 5.74) is 1.68. The van der Waals surface area contributed by atoms with Crippen LogP contribution >= 0.6 is 24.0 Å². The van der Waals surface area contributed by atoms with Gasteiger partial charge in [0.05, 0.1) is 12.1 Å². The van der Waals surface area contributed by atoms with Gasteiger partial charge in [-0.3, -0.25) is 9.69 Å². The minimum absolute atomic E-state index is 0.0626. The highest BCUT2D eigenvalue weighted by atomic mass is 32.2. The first-order valence-electron chi connectivity index (χ1n) is 7.42. The number of carbonyl (C=O) groups is 1. The SMILES string of the molecule is CN1C=CC(C(=O)N2CCSC2=S)=C(OCc2ccccc2)C1. The van der Waals surface area contributed by atoms with Crippen LogP contribution < -0.4 is 0 Å². The number of ether oxygens (including phenoxy) is 1. The van der Waals surface area contributed by atoms with Gasteiger partial charge in [-0.2, -0.15) is 0 Å². The Morgan fingerprint density at radius 1 is 1.35 bits per heavy atom. The van der Waals surface area contributed by atoms with Crippen molar-refractivity contribution >= 4 is 34.2 Å². The number of thiocarbonyl (C=S) groups is 1. The number of rotatable bonds is 4. The lowest BCUT2D eigenvalue weighted by molar-refractivity contribution is -0.123. The Balaban J connectivity index is 1.79. The molecule has 23 heavy (non-hydrogen) atoms. The molecule has 0 aliphatic carbocycles. The average molecular weight is 346 g/mol. The second kappa shape index (κ2) is 7.19. The first-order chi connectivity index (χ1) is 11.1. The molecule has 0 unspecified atom stereocenters. The minimum Gasteiger partial charge on any atom is -0.491 e. The summed E-state index contributed by atoms with van der Waals surface area (Å²) < 4.78 is 6.61. The summed E-state index contributed by atoms with van der Waals surface area (Å²) >= 11 is 6.81. The number of carbonyl (C=O) groups excluding carboxylic acids is 1. The molecule has 2 heterocycles. The summed E-state index contributed by atoms with van der Waals surface area (Å²) in [5.74, 6) is 1.50. The van der Waals surface area contributed by atoms with E-state index in [1.807, 2.05) is 54.6 Å². The standard InChI is InChI=1S/C17H18N2O2S2/c1-18-8-7-14(16(20)19-9-10-23-17(19)22)15(11-18)21-12-13-5-3-2-4-6-13/h2-8H,9-12H2,1H3. The van der Waals surface area contributed by atoms with Gasteiger partial charge in [0, 0.05) is 25.5 Å². The molecule has 0 spiro atoms. The van der Waals surface area contributed by atoms with Gasteiger partial charge < -0.3 is 9.64 Å². The zero-order chi connectivity index (χ0) is 16.2. The van der Waals surface area contributed by atoms with E-state index >= 15 is 0 Å². The zero-order valence-electron chi connectivity index (χ0n) is 12.9. The monoisotopic (exact) mass is 346 g/mol. The van der Waals surface area contributed by atoms with Crippen molar-refractivity contribution in [1.82, 2.24) is 9.80 Å². The normalized spacial score (nSPS) is 17.9. The summed E-state index contributed by atoms with van der Waals surface area (Å²) in [5, 5.41) is 0. The lowest BCUT2D eigenvalue weighted by Gasteiger charge is -2.25. The fourth-order valence-corrected chi connectivity index (χ4v) is 3.64. The maximum atomic E-state index is 12.8. The number of hydrogen-bond donors (Lipinski definition) is 0. The van der Waals surface area contributed by atoms with Crippen LogP contribution in [-0.2, 0) is 16.1 Å². The highest BCUT2D eigenvalue weighted by Crippen LogP contribution is 2.24. The van der Waals surface area contributed by atoms with Gasteiger partial charge in [0.25, 0.3) is 5.91 Å². The number of hydrogen-bond acceptors (Lipinski definition) is 5. The highest BCUT2D eigenvalue weighted by Gasteiger charge is 2.29. The van der Waals surface area contributed by atoms with E-state index in [2.05, 4.69) is 0 Å². The van der Waals surface area contributed by atoms with Crippen molar-refractivity contribution in [3.05, 3.63) is 59.5 Å². The molecule has 0 bridgehead atoms. The molecule has 0 saturated carbocycles. The van der Waals surface area contributed by atoms with Crippen LogP contribution in [0.25, 0.3) is 0 Å². The molecule has 0 N–H and O–H groups in total. The molecule has 0 atom stereocenters. The molecule has 1 saturated heterocycles. The fourth-order valence-electron chi connectivity index (χ4n) is 2.44. The largest absolute Gasteiger partial charge is 0.491 e. The third-order valence-corrected chi connectivity index (χ3v) is 5.11. The van der Waals surface area contributed by atoms with Crippen molar-refractivity contribution in [3.63, 3.8) is 0 Å². The van der Waals surface area contributed by atoms with Gasteiger partial charge in [-0.15, -0.1) is 0 Å². The summed E-state index contributed by atoms with van der Waals surface area (Å²) in [6.45, 7) is 1.70. The molecule has 1 amide bonds. The van der Waals surface area contributed by atoms with Crippen LogP contribution in [0.4, 0.5) is 0 Å². The third kappa shape index (κ3) is 3.76. The molecule has 4 nitrogen and oxygen atoms in total. The molecule has 1 aromatic carbocycles. The molecule has 1 aromatic rings. The van der Waals surface area contributed by atoms with Gasteiger partial charge in [0.2, 0.25) is 0 Å². The van der Waals surface area contributed by atoms with E-state index < -0.39 is 0 Å². The predicted octanol–water partition coefficient (Wildman–Crippen LogP) is 2.78. The maximum Gasteiger partial charge on any atom is 0.262 e. The van der Waals surface area contributed by atoms with Crippen LogP contribution in [0, 0.1) is 0 Å².